The SMILES string of the molecule is CC(C)(C)CN1CCC(O[C@H]2C[C@H](NC(C)(C)CCC(C)(C)Cc3ccc(N4CC[C@H](NC(C)(C)CCC(C)(C)c5ccnc(O[C@H]6C[C@H](NC(C)(C)C)C6)c5)C4)cc3)C2)CC1. The predicted octanol–water partition coefficient (Wildman–Crippen LogP) is 10.9. The van der Waals surface area contributed by atoms with Crippen LogP contribution in [0.1, 0.15) is 179 Å². The maximum atomic E-state index is 6.57. The summed E-state index contributed by atoms with van der Waals surface area (Å²) in [5.41, 5.74) is 5.07. The van der Waals surface area contributed by atoms with Crippen LogP contribution in [0, 0.1) is 10.8 Å². The highest BCUT2D eigenvalue weighted by atomic mass is 16.5. The molecular weight excluding hydrogens is 765 g/mol. The van der Waals surface area contributed by atoms with Crippen LogP contribution < -0.4 is 25.6 Å². The second kappa shape index (κ2) is 19.7. The van der Waals surface area contributed by atoms with Gasteiger partial charge in [-0.15, -0.1) is 0 Å². The molecule has 8 heteroatoms. The number of pyridine rings is 1. The molecule has 4 fully saturated rings. The van der Waals surface area contributed by atoms with E-state index < -0.39 is 0 Å². The van der Waals surface area contributed by atoms with E-state index in [1.54, 1.807) is 0 Å². The number of benzene rings is 1. The van der Waals surface area contributed by atoms with Crippen molar-refractivity contribution in [2.45, 2.75) is 232 Å². The molecule has 1 aromatic carbocycles. The van der Waals surface area contributed by atoms with Crippen molar-refractivity contribution in [3.05, 3.63) is 53.7 Å². The molecule has 1 atom stereocenters. The molecule has 8 nitrogen and oxygen atoms in total. The van der Waals surface area contributed by atoms with Crippen LogP contribution in [0.4, 0.5) is 5.69 Å². The van der Waals surface area contributed by atoms with E-state index in [-0.39, 0.29) is 33.6 Å². The molecule has 0 unspecified atom stereocenters. The van der Waals surface area contributed by atoms with Gasteiger partial charge in [-0.05, 0) is 171 Å². The Morgan fingerprint density at radius 1 is 0.629 bits per heavy atom. The monoisotopic (exact) mass is 857 g/mol. The first-order chi connectivity index (χ1) is 28.8. The molecule has 0 radical (unpaired) electrons. The summed E-state index contributed by atoms with van der Waals surface area (Å²) in [5, 5.41) is 11.8. The highest BCUT2D eigenvalue weighted by Gasteiger charge is 2.38. The number of hydrogen-bond acceptors (Lipinski definition) is 8. The Morgan fingerprint density at radius 3 is 1.85 bits per heavy atom. The zero-order valence-corrected chi connectivity index (χ0v) is 42.2. The minimum absolute atomic E-state index is 0.0286. The molecule has 1 aromatic heterocycles. The van der Waals surface area contributed by atoms with Crippen LogP contribution in [0.2, 0.25) is 0 Å². The second-order valence-electron chi connectivity index (χ2n) is 25.5. The number of likely N-dealkylation sites (tertiary alicyclic amines) is 1. The molecule has 2 aliphatic heterocycles. The van der Waals surface area contributed by atoms with E-state index in [2.05, 4.69) is 164 Å². The summed E-state index contributed by atoms with van der Waals surface area (Å²) in [5.74, 6) is 0.767. The number of nitrogens with one attached hydrogen (secondary N) is 3. The van der Waals surface area contributed by atoms with Crippen molar-refractivity contribution in [1.82, 2.24) is 25.8 Å². The average Bonchev–Trinajstić information content (AvgIpc) is 3.59. The largest absolute Gasteiger partial charge is 0.474 e. The summed E-state index contributed by atoms with van der Waals surface area (Å²) in [7, 11) is 0. The van der Waals surface area contributed by atoms with Gasteiger partial charge in [0.1, 0.15) is 6.10 Å². The molecule has 2 aromatic rings. The molecule has 3 heterocycles. The summed E-state index contributed by atoms with van der Waals surface area (Å²) in [4.78, 5) is 9.79. The molecule has 0 spiro atoms. The number of piperidine rings is 1. The quantitative estimate of drug-likeness (QED) is 0.122. The van der Waals surface area contributed by atoms with Gasteiger partial charge < -0.3 is 35.2 Å². The Labute approximate surface area is 380 Å². The minimum Gasteiger partial charge on any atom is -0.474 e. The van der Waals surface area contributed by atoms with Crippen LogP contribution in [0.15, 0.2) is 42.6 Å². The van der Waals surface area contributed by atoms with Crippen LogP contribution in [0.25, 0.3) is 0 Å². The molecule has 3 N–H and O–H groups in total. The number of rotatable bonds is 20. The van der Waals surface area contributed by atoms with Crippen molar-refractivity contribution >= 4 is 5.69 Å². The Kier molecular flexibility index (Phi) is 15.6. The van der Waals surface area contributed by atoms with Gasteiger partial charge >= 0.3 is 0 Å². The lowest BCUT2D eigenvalue weighted by Gasteiger charge is -2.44. The van der Waals surface area contributed by atoms with Crippen molar-refractivity contribution in [3.8, 4) is 5.88 Å². The normalized spacial score (nSPS) is 24.9. The molecule has 0 bridgehead atoms. The molecule has 6 rings (SSSR count). The number of ether oxygens (including phenoxy) is 2. The molecule has 2 saturated heterocycles. The Bertz CT molecular complexity index is 1690. The highest BCUT2D eigenvalue weighted by Crippen LogP contribution is 2.36. The number of nitrogens with zero attached hydrogens (tertiary/aromatic N) is 3. The van der Waals surface area contributed by atoms with Gasteiger partial charge in [0, 0.05) is 85.4 Å². The second-order valence-corrected chi connectivity index (χ2v) is 25.5. The summed E-state index contributed by atoms with van der Waals surface area (Å²) in [6.07, 6.45) is 16.7. The van der Waals surface area contributed by atoms with Crippen LogP contribution in [0.5, 0.6) is 5.88 Å². The van der Waals surface area contributed by atoms with E-state index in [4.69, 9.17) is 9.47 Å². The van der Waals surface area contributed by atoms with Crippen LogP contribution in [-0.4, -0.2) is 95.7 Å². The molecule has 350 valence electrons. The highest BCUT2D eigenvalue weighted by molar-refractivity contribution is 5.49. The number of aromatic nitrogens is 1. The zero-order valence-electron chi connectivity index (χ0n) is 42.2. The van der Waals surface area contributed by atoms with Crippen LogP contribution >= 0.6 is 0 Å². The van der Waals surface area contributed by atoms with E-state index in [9.17, 15) is 0 Å². The van der Waals surface area contributed by atoms with Crippen LogP contribution in [-0.2, 0) is 16.6 Å². The summed E-state index contributed by atoms with van der Waals surface area (Å²) >= 11 is 0. The fourth-order valence-electron chi connectivity index (χ4n) is 10.6. The van der Waals surface area contributed by atoms with Crippen LogP contribution in [0.3, 0.4) is 0 Å². The van der Waals surface area contributed by atoms with E-state index in [0.717, 1.165) is 63.9 Å². The minimum atomic E-state index is 0.0286. The van der Waals surface area contributed by atoms with Gasteiger partial charge in [0.05, 0.1) is 12.2 Å². The first kappa shape index (κ1) is 49.2. The third-order valence-electron chi connectivity index (χ3n) is 14.4. The summed E-state index contributed by atoms with van der Waals surface area (Å²) in [6, 6.07) is 15.5. The Balaban J connectivity index is 0.872. The van der Waals surface area contributed by atoms with Gasteiger partial charge in [-0.2, -0.15) is 0 Å². The molecular formula is C54H92N6O2. The zero-order chi connectivity index (χ0) is 45.1. The van der Waals surface area contributed by atoms with Gasteiger partial charge in [-0.3, -0.25) is 0 Å². The van der Waals surface area contributed by atoms with E-state index in [1.807, 2.05) is 6.20 Å². The van der Waals surface area contributed by atoms with Crippen molar-refractivity contribution < 1.29 is 9.47 Å². The van der Waals surface area contributed by atoms with Gasteiger partial charge in [-0.1, -0.05) is 60.6 Å². The van der Waals surface area contributed by atoms with Gasteiger partial charge in [0.2, 0.25) is 5.88 Å². The molecule has 2 aliphatic carbocycles. The average molecular weight is 857 g/mol. The molecule has 0 amide bonds. The van der Waals surface area contributed by atoms with Gasteiger partial charge in [0.15, 0.2) is 0 Å². The Hall–Kier alpha value is -2.23. The summed E-state index contributed by atoms with van der Waals surface area (Å²) in [6.45, 7) is 38.7. The summed E-state index contributed by atoms with van der Waals surface area (Å²) < 4.78 is 12.9. The van der Waals surface area contributed by atoms with Crippen molar-refractivity contribution in [3.63, 3.8) is 0 Å². The first-order valence-corrected chi connectivity index (χ1v) is 25.0. The van der Waals surface area contributed by atoms with Crippen molar-refractivity contribution in [2.75, 3.05) is 37.6 Å². The van der Waals surface area contributed by atoms with E-state index in [1.165, 1.54) is 68.6 Å². The smallest absolute Gasteiger partial charge is 0.213 e. The lowest BCUT2D eigenvalue weighted by molar-refractivity contribution is -0.0888. The van der Waals surface area contributed by atoms with Gasteiger partial charge in [-0.25, -0.2) is 4.98 Å². The third-order valence-corrected chi connectivity index (χ3v) is 14.4. The fraction of sp³-hybridized carbons (Fsp3) is 0.796. The molecule has 62 heavy (non-hydrogen) atoms. The first-order valence-electron chi connectivity index (χ1n) is 25.0. The lowest BCUT2D eigenvalue weighted by atomic mass is 9.77. The van der Waals surface area contributed by atoms with E-state index in [0.29, 0.717) is 35.7 Å². The van der Waals surface area contributed by atoms with Crippen molar-refractivity contribution in [1.29, 1.82) is 0 Å². The maximum Gasteiger partial charge on any atom is 0.213 e. The number of hydrogen-bond donors (Lipinski definition) is 3. The Morgan fingerprint density at radius 2 is 1.23 bits per heavy atom. The van der Waals surface area contributed by atoms with Gasteiger partial charge in [0.25, 0.3) is 0 Å². The maximum absolute atomic E-state index is 6.57. The standard InChI is InChI=1S/C54H92N6O2/c1-49(2,3)38-59-28-21-45(22-29-59)61-46-34-43(35-46)58-53(11,12)25-23-51(7,8)36-39-15-17-44(18-16-39)60-30-20-41(37-60)57-54(13,14)26-24-52(9,10)40-19-27-55-48(31-40)62-47-32-42(33-47)56-50(4,5)6/h15-19,27,31,41-43,45-47,56-58H,20-26,28-30,32-38H2,1-14H3/t41-,42-,43-,46-,47-/m0/s1. The number of anilines is 1. The third kappa shape index (κ3) is 15.5. The fourth-order valence-corrected chi connectivity index (χ4v) is 10.6. The lowest BCUT2D eigenvalue weighted by Crippen LogP contribution is -2.55. The van der Waals surface area contributed by atoms with E-state index >= 15 is 0 Å². The molecule has 4 aliphatic rings. The predicted molar refractivity (Wildman–Crippen MR) is 262 cm³/mol. The van der Waals surface area contributed by atoms with Crippen molar-refractivity contribution in [2.24, 2.45) is 10.8 Å². The molecule has 2 saturated carbocycles. The topological polar surface area (TPSA) is 73.9 Å².